The van der Waals surface area contributed by atoms with E-state index in [2.05, 4.69) is 28.8 Å². The second-order valence-electron chi connectivity index (χ2n) is 4.92. The maximum Gasteiger partial charge on any atom is 0.339 e. The van der Waals surface area contributed by atoms with E-state index in [4.69, 9.17) is 0 Å². The summed E-state index contributed by atoms with van der Waals surface area (Å²) in [6, 6.07) is 2.29. The molecule has 0 spiro atoms. The highest BCUT2D eigenvalue weighted by Crippen LogP contribution is 2.23. The fourth-order valence-corrected chi connectivity index (χ4v) is 2.24. The largest absolute Gasteiger partial charge is 0.478 e. The van der Waals surface area contributed by atoms with Crippen molar-refractivity contribution < 1.29 is 9.90 Å². The molecule has 18 heavy (non-hydrogen) atoms. The number of carboxylic acid groups (broad SMARTS) is 1. The number of piperazine rings is 1. The van der Waals surface area contributed by atoms with Crippen LogP contribution >= 0.6 is 0 Å². The molecule has 1 saturated heterocycles. The summed E-state index contributed by atoms with van der Waals surface area (Å²) in [7, 11) is 2.10. The second-order valence-corrected chi connectivity index (χ2v) is 4.92. The summed E-state index contributed by atoms with van der Waals surface area (Å²) in [6.45, 7) is 6.68. The van der Waals surface area contributed by atoms with Crippen molar-refractivity contribution in [1.82, 2.24) is 9.88 Å². The molecule has 0 saturated carbocycles. The number of rotatable bonds is 2. The molecule has 0 radical (unpaired) electrons. The van der Waals surface area contributed by atoms with Crippen LogP contribution in [0.4, 0.5) is 5.69 Å². The zero-order valence-electron chi connectivity index (χ0n) is 11.1. The molecule has 2 rings (SSSR count). The van der Waals surface area contributed by atoms with Crippen LogP contribution in [0.1, 0.15) is 23.0 Å². The molecule has 2 heterocycles. The van der Waals surface area contributed by atoms with Gasteiger partial charge in [-0.25, -0.2) is 4.79 Å². The van der Waals surface area contributed by atoms with Gasteiger partial charge in [0.05, 0.1) is 5.69 Å². The summed E-state index contributed by atoms with van der Waals surface area (Å²) in [5.41, 5.74) is 1.92. The molecule has 1 fully saturated rings. The summed E-state index contributed by atoms with van der Waals surface area (Å²) in [6.07, 6.45) is 1.45. The summed E-state index contributed by atoms with van der Waals surface area (Å²) < 4.78 is 0. The lowest BCUT2D eigenvalue weighted by Crippen LogP contribution is -2.50. The first kappa shape index (κ1) is 12.8. The van der Waals surface area contributed by atoms with E-state index in [1.165, 1.54) is 6.20 Å². The Hall–Kier alpha value is -1.62. The van der Waals surface area contributed by atoms with E-state index in [9.17, 15) is 9.90 Å². The van der Waals surface area contributed by atoms with Gasteiger partial charge in [-0.2, -0.15) is 0 Å². The van der Waals surface area contributed by atoms with Gasteiger partial charge in [-0.3, -0.25) is 4.98 Å². The summed E-state index contributed by atoms with van der Waals surface area (Å²) in [5.74, 6) is -0.913. The maximum absolute atomic E-state index is 11.2. The van der Waals surface area contributed by atoms with Crippen LogP contribution < -0.4 is 4.90 Å². The zero-order chi connectivity index (χ0) is 13.3. The van der Waals surface area contributed by atoms with Crippen molar-refractivity contribution in [2.45, 2.75) is 19.9 Å². The van der Waals surface area contributed by atoms with Crippen LogP contribution in [0.25, 0.3) is 0 Å². The van der Waals surface area contributed by atoms with Crippen molar-refractivity contribution >= 4 is 11.7 Å². The molecule has 1 unspecified atom stereocenters. The van der Waals surface area contributed by atoms with Crippen molar-refractivity contribution in [2.24, 2.45) is 0 Å². The van der Waals surface area contributed by atoms with E-state index < -0.39 is 5.97 Å². The third-order valence-electron chi connectivity index (χ3n) is 3.55. The van der Waals surface area contributed by atoms with Crippen molar-refractivity contribution in [3.63, 3.8) is 0 Å². The van der Waals surface area contributed by atoms with E-state index >= 15 is 0 Å². The minimum atomic E-state index is -0.913. The molecule has 5 heteroatoms. The van der Waals surface area contributed by atoms with Gasteiger partial charge in [-0.05, 0) is 27.0 Å². The lowest BCUT2D eigenvalue weighted by molar-refractivity contribution is 0.0696. The summed E-state index contributed by atoms with van der Waals surface area (Å²) in [4.78, 5) is 19.7. The molecule has 5 nitrogen and oxygen atoms in total. The molecule has 0 bridgehead atoms. The fraction of sp³-hybridized carbons (Fsp3) is 0.538. The first-order valence-electron chi connectivity index (χ1n) is 6.14. The molecule has 0 aliphatic carbocycles. The molecule has 1 atom stereocenters. The Kier molecular flexibility index (Phi) is 3.52. The SMILES string of the molecule is Cc1cc(N2CCN(C)C(C)C2)c(C(=O)O)cn1. The molecule has 1 aromatic heterocycles. The van der Waals surface area contributed by atoms with Crippen molar-refractivity contribution in [3.8, 4) is 0 Å². The van der Waals surface area contributed by atoms with E-state index in [1.807, 2.05) is 13.0 Å². The molecular weight excluding hydrogens is 230 g/mol. The highest BCUT2D eigenvalue weighted by Gasteiger charge is 2.24. The quantitative estimate of drug-likeness (QED) is 0.854. The standard InChI is InChI=1S/C13H19N3O2/c1-9-6-12(11(7-14-9)13(17)18)16-5-4-15(3)10(2)8-16/h6-7,10H,4-5,8H2,1-3H3,(H,17,18). The Balaban J connectivity index is 2.32. The predicted octanol–water partition coefficient (Wildman–Crippen LogP) is 1.23. The molecule has 98 valence electrons. The van der Waals surface area contributed by atoms with Crippen LogP contribution in [0.15, 0.2) is 12.3 Å². The second kappa shape index (κ2) is 4.94. The average molecular weight is 249 g/mol. The number of aryl methyl sites for hydroxylation is 1. The van der Waals surface area contributed by atoms with Gasteiger partial charge in [0, 0.05) is 37.6 Å². The number of aromatic nitrogens is 1. The number of carboxylic acids is 1. The number of carbonyl (C=O) groups is 1. The molecule has 1 aliphatic rings. The highest BCUT2D eigenvalue weighted by atomic mass is 16.4. The topological polar surface area (TPSA) is 56.7 Å². The zero-order valence-corrected chi connectivity index (χ0v) is 11.1. The highest BCUT2D eigenvalue weighted by molar-refractivity contribution is 5.94. The number of hydrogen-bond acceptors (Lipinski definition) is 4. The first-order chi connectivity index (χ1) is 8.49. The number of nitrogens with zero attached hydrogens (tertiary/aromatic N) is 3. The smallest absolute Gasteiger partial charge is 0.339 e. The Bertz CT molecular complexity index is 462. The van der Waals surface area contributed by atoms with E-state index in [-0.39, 0.29) is 5.56 Å². The summed E-state index contributed by atoms with van der Waals surface area (Å²) >= 11 is 0. The van der Waals surface area contributed by atoms with Gasteiger partial charge in [-0.1, -0.05) is 0 Å². The van der Waals surface area contributed by atoms with Crippen LogP contribution in [0, 0.1) is 6.92 Å². The third-order valence-corrected chi connectivity index (χ3v) is 3.55. The number of pyridine rings is 1. The molecule has 1 N–H and O–H groups in total. The van der Waals surface area contributed by atoms with E-state index in [0.29, 0.717) is 6.04 Å². The van der Waals surface area contributed by atoms with Crippen LogP contribution in [0.3, 0.4) is 0 Å². The first-order valence-corrected chi connectivity index (χ1v) is 6.14. The number of hydrogen-bond donors (Lipinski definition) is 1. The van der Waals surface area contributed by atoms with E-state index in [0.717, 1.165) is 31.0 Å². The normalized spacial score (nSPS) is 21.1. The third kappa shape index (κ3) is 2.46. The van der Waals surface area contributed by atoms with Gasteiger partial charge in [0.25, 0.3) is 0 Å². The lowest BCUT2D eigenvalue weighted by atomic mass is 10.1. The molecule has 0 amide bonds. The van der Waals surface area contributed by atoms with Crippen LogP contribution in [-0.4, -0.2) is 53.7 Å². The van der Waals surface area contributed by atoms with E-state index in [1.54, 1.807) is 0 Å². The maximum atomic E-state index is 11.2. The Morgan fingerprint density at radius 1 is 1.50 bits per heavy atom. The van der Waals surface area contributed by atoms with Gasteiger partial charge < -0.3 is 14.9 Å². The number of likely N-dealkylation sites (N-methyl/N-ethyl adjacent to an activating group) is 1. The number of anilines is 1. The van der Waals surface area contributed by atoms with Gasteiger partial charge in [0.1, 0.15) is 5.56 Å². The Morgan fingerprint density at radius 3 is 2.83 bits per heavy atom. The molecule has 1 aromatic rings. The molecule has 1 aliphatic heterocycles. The van der Waals surface area contributed by atoms with Crippen molar-refractivity contribution in [3.05, 3.63) is 23.5 Å². The minimum absolute atomic E-state index is 0.289. The van der Waals surface area contributed by atoms with Gasteiger partial charge in [-0.15, -0.1) is 0 Å². The monoisotopic (exact) mass is 249 g/mol. The van der Waals surface area contributed by atoms with Crippen LogP contribution in [0.2, 0.25) is 0 Å². The van der Waals surface area contributed by atoms with Gasteiger partial charge in [0.15, 0.2) is 0 Å². The van der Waals surface area contributed by atoms with Crippen LogP contribution in [-0.2, 0) is 0 Å². The van der Waals surface area contributed by atoms with Crippen molar-refractivity contribution in [2.75, 3.05) is 31.6 Å². The lowest BCUT2D eigenvalue weighted by Gasteiger charge is -2.39. The number of aromatic carboxylic acids is 1. The molecular formula is C13H19N3O2. The van der Waals surface area contributed by atoms with Gasteiger partial charge >= 0.3 is 5.97 Å². The average Bonchev–Trinajstić information content (AvgIpc) is 2.32. The Labute approximate surface area is 107 Å². The predicted molar refractivity (Wildman–Crippen MR) is 70.2 cm³/mol. The van der Waals surface area contributed by atoms with Crippen molar-refractivity contribution in [1.29, 1.82) is 0 Å². The minimum Gasteiger partial charge on any atom is -0.478 e. The van der Waals surface area contributed by atoms with Gasteiger partial charge in [0.2, 0.25) is 0 Å². The van der Waals surface area contributed by atoms with Crippen LogP contribution in [0.5, 0.6) is 0 Å². The molecule has 0 aromatic carbocycles. The summed E-state index contributed by atoms with van der Waals surface area (Å²) in [5, 5.41) is 9.23. The fourth-order valence-electron chi connectivity index (χ4n) is 2.24. The Morgan fingerprint density at radius 2 is 2.22 bits per heavy atom.